The van der Waals surface area contributed by atoms with Crippen molar-refractivity contribution in [3.63, 3.8) is 0 Å². The third kappa shape index (κ3) is 3.88. The van der Waals surface area contributed by atoms with Crippen LogP contribution in [0.2, 0.25) is 0 Å². The molecule has 0 spiro atoms. The molecule has 0 unspecified atom stereocenters. The molecule has 1 N–H and O–H groups in total. The lowest BCUT2D eigenvalue weighted by Gasteiger charge is -2.06. The second-order valence-corrected chi connectivity index (χ2v) is 7.20. The fourth-order valence-electron chi connectivity index (χ4n) is 2.86. The molecule has 1 aromatic carbocycles. The Morgan fingerprint density at radius 1 is 1.21 bits per heavy atom. The second-order valence-electron chi connectivity index (χ2n) is 6.36. The second kappa shape index (κ2) is 7.36. The molecule has 0 aliphatic carbocycles. The largest absolute Gasteiger partial charge is 0.416 e. The van der Waals surface area contributed by atoms with Gasteiger partial charge in [0.2, 0.25) is 0 Å². The molecular formula is C19H16F3N5OS. The summed E-state index contributed by atoms with van der Waals surface area (Å²) in [7, 11) is 0. The summed E-state index contributed by atoms with van der Waals surface area (Å²) in [6, 6.07) is 4.79. The summed E-state index contributed by atoms with van der Waals surface area (Å²) < 4.78 is 41.6. The van der Waals surface area contributed by atoms with Gasteiger partial charge in [-0.3, -0.25) is 13.9 Å². The van der Waals surface area contributed by atoms with Crippen LogP contribution in [0.1, 0.15) is 28.5 Å². The zero-order valence-corrected chi connectivity index (χ0v) is 16.1. The van der Waals surface area contributed by atoms with Gasteiger partial charge in [-0.2, -0.15) is 18.3 Å². The summed E-state index contributed by atoms with van der Waals surface area (Å²) in [4.78, 5) is 17.6. The van der Waals surface area contributed by atoms with Crippen LogP contribution in [0.25, 0.3) is 16.2 Å². The molecule has 0 atom stereocenters. The maximum Gasteiger partial charge on any atom is 0.416 e. The molecule has 10 heteroatoms. The molecule has 29 heavy (non-hydrogen) atoms. The van der Waals surface area contributed by atoms with E-state index in [0.29, 0.717) is 28.5 Å². The van der Waals surface area contributed by atoms with E-state index in [4.69, 9.17) is 0 Å². The SMILES string of the molecule is CCn1cc(CNC(=O)c2csc3nc(-c4ccc(C(F)(F)F)cc4)cn23)cn1. The highest BCUT2D eigenvalue weighted by Crippen LogP contribution is 2.31. The van der Waals surface area contributed by atoms with E-state index in [1.165, 1.54) is 23.5 Å². The number of nitrogens with one attached hydrogen (secondary N) is 1. The summed E-state index contributed by atoms with van der Waals surface area (Å²) in [6.45, 7) is 3.07. The van der Waals surface area contributed by atoms with Gasteiger partial charge in [-0.15, -0.1) is 11.3 Å². The molecule has 6 nitrogen and oxygen atoms in total. The number of amides is 1. The van der Waals surface area contributed by atoms with Crippen molar-refractivity contribution >= 4 is 22.2 Å². The Hall–Kier alpha value is -3.14. The number of benzene rings is 1. The molecule has 3 aromatic heterocycles. The predicted molar refractivity (Wildman–Crippen MR) is 103 cm³/mol. The molecule has 0 fully saturated rings. The van der Waals surface area contributed by atoms with Crippen molar-refractivity contribution in [2.24, 2.45) is 0 Å². The summed E-state index contributed by atoms with van der Waals surface area (Å²) in [6.07, 6.45) is 0.834. The highest BCUT2D eigenvalue weighted by atomic mass is 32.1. The molecule has 4 rings (SSSR count). The van der Waals surface area contributed by atoms with Crippen LogP contribution in [-0.2, 0) is 19.3 Å². The van der Waals surface area contributed by atoms with E-state index in [0.717, 1.165) is 24.2 Å². The summed E-state index contributed by atoms with van der Waals surface area (Å²) >= 11 is 1.29. The molecule has 4 aromatic rings. The third-order valence-electron chi connectivity index (χ3n) is 4.41. The maximum atomic E-state index is 12.7. The van der Waals surface area contributed by atoms with Gasteiger partial charge in [0, 0.05) is 42.0 Å². The van der Waals surface area contributed by atoms with Gasteiger partial charge < -0.3 is 5.32 Å². The average Bonchev–Trinajstić information content (AvgIpc) is 3.40. The Morgan fingerprint density at radius 3 is 2.62 bits per heavy atom. The minimum atomic E-state index is -4.38. The average molecular weight is 419 g/mol. The number of fused-ring (bicyclic) bond motifs is 1. The lowest BCUT2D eigenvalue weighted by molar-refractivity contribution is -0.137. The van der Waals surface area contributed by atoms with E-state index in [1.54, 1.807) is 26.9 Å². The quantitative estimate of drug-likeness (QED) is 0.527. The molecule has 0 aliphatic rings. The van der Waals surface area contributed by atoms with Crippen molar-refractivity contribution in [1.82, 2.24) is 24.5 Å². The third-order valence-corrected chi connectivity index (χ3v) is 5.25. The van der Waals surface area contributed by atoms with Gasteiger partial charge in [0.05, 0.1) is 17.5 Å². The van der Waals surface area contributed by atoms with Crippen LogP contribution in [0.3, 0.4) is 0 Å². The molecule has 0 saturated heterocycles. The normalized spacial score (nSPS) is 11.9. The van der Waals surface area contributed by atoms with Gasteiger partial charge in [-0.1, -0.05) is 12.1 Å². The topological polar surface area (TPSA) is 64.2 Å². The summed E-state index contributed by atoms with van der Waals surface area (Å²) in [5.74, 6) is -0.267. The van der Waals surface area contributed by atoms with E-state index < -0.39 is 11.7 Å². The van der Waals surface area contributed by atoms with Crippen molar-refractivity contribution in [2.45, 2.75) is 26.2 Å². The standard InChI is InChI=1S/C19H16F3N5OS/c1-2-26-9-12(8-24-26)7-23-17(28)16-11-29-18-25-15(10-27(16)18)13-3-5-14(6-4-13)19(20,21)22/h3-6,8-11H,2,7H2,1H3,(H,23,28). The molecular weight excluding hydrogens is 403 g/mol. The molecule has 0 radical (unpaired) electrons. The number of aromatic nitrogens is 4. The molecule has 150 valence electrons. The Balaban J connectivity index is 1.53. The van der Waals surface area contributed by atoms with Crippen LogP contribution in [0.5, 0.6) is 0 Å². The Kier molecular flexibility index (Phi) is 4.87. The van der Waals surface area contributed by atoms with Crippen molar-refractivity contribution in [2.75, 3.05) is 0 Å². The first-order valence-electron chi connectivity index (χ1n) is 8.79. The maximum absolute atomic E-state index is 12.7. The van der Waals surface area contributed by atoms with Gasteiger partial charge in [-0.05, 0) is 19.1 Å². The number of alkyl halides is 3. The minimum Gasteiger partial charge on any atom is -0.347 e. The van der Waals surface area contributed by atoms with Crippen molar-refractivity contribution < 1.29 is 18.0 Å². The first-order chi connectivity index (χ1) is 13.8. The number of imidazole rings is 1. The van der Waals surface area contributed by atoms with Crippen LogP contribution in [0.15, 0.2) is 48.2 Å². The number of hydrogen-bond acceptors (Lipinski definition) is 4. The van der Waals surface area contributed by atoms with Crippen LogP contribution in [-0.4, -0.2) is 25.1 Å². The summed E-state index contributed by atoms with van der Waals surface area (Å²) in [5, 5.41) is 8.71. The van der Waals surface area contributed by atoms with Crippen LogP contribution in [0, 0.1) is 0 Å². The van der Waals surface area contributed by atoms with E-state index in [1.807, 2.05) is 13.1 Å². The van der Waals surface area contributed by atoms with Crippen LogP contribution >= 0.6 is 11.3 Å². The number of carbonyl (C=O) groups excluding carboxylic acids is 1. The lowest BCUT2D eigenvalue weighted by Crippen LogP contribution is -2.23. The number of thiazole rings is 1. The highest BCUT2D eigenvalue weighted by molar-refractivity contribution is 7.15. The van der Waals surface area contributed by atoms with E-state index >= 15 is 0 Å². The van der Waals surface area contributed by atoms with Crippen molar-refractivity contribution in [3.8, 4) is 11.3 Å². The molecule has 1 amide bonds. The number of carbonyl (C=O) groups is 1. The van der Waals surface area contributed by atoms with Crippen LogP contribution < -0.4 is 5.32 Å². The Morgan fingerprint density at radius 2 is 1.97 bits per heavy atom. The van der Waals surface area contributed by atoms with Gasteiger partial charge in [-0.25, -0.2) is 4.98 Å². The first-order valence-corrected chi connectivity index (χ1v) is 9.67. The fourth-order valence-corrected chi connectivity index (χ4v) is 3.71. The smallest absolute Gasteiger partial charge is 0.347 e. The van der Waals surface area contributed by atoms with Gasteiger partial charge in [0.1, 0.15) is 5.69 Å². The number of hydrogen-bond donors (Lipinski definition) is 1. The monoisotopic (exact) mass is 419 g/mol. The number of halogens is 3. The molecule has 0 aliphatic heterocycles. The lowest BCUT2D eigenvalue weighted by atomic mass is 10.1. The fraction of sp³-hybridized carbons (Fsp3) is 0.211. The molecule has 0 saturated carbocycles. The zero-order valence-electron chi connectivity index (χ0n) is 15.3. The van der Waals surface area contributed by atoms with Crippen LogP contribution in [0.4, 0.5) is 13.2 Å². The van der Waals surface area contributed by atoms with E-state index in [2.05, 4.69) is 15.4 Å². The Bertz CT molecular complexity index is 1160. The Labute approximate surface area is 167 Å². The van der Waals surface area contributed by atoms with Crippen molar-refractivity contribution in [3.05, 3.63) is 65.1 Å². The number of rotatable bonds is 5. The molecule has 3 heterocycles. The first kappa shape index (κ1) is 19.2. The zero-order chi connectivity index (χ0) is 20.6. The predicted octanol–water partition coefficient (Wildman–Crippen LogP) is 4.23. The highest BCUT2D eigenvalue weighted by Gasteiger charge is 2.30. The van der Waals surface area contributed by atoms with E-state index in [9.17, 15) is 18.0 Å². The van der Waals surface area contributed by atoms with Gasteiger partial charge in [0.25, 0.3) is 5.91 Å². The molecule has 0 bridgehead atoms. The van der Waals surface area contributed by atoms with Gasteiger partial charge >= 0.3 is 6.18 Å². The number of nitrogens with zero attached hydrogens (tertiary/aromatic N) is 4. The van der Waals surface area contributed by atoms with E-state index in [-0.39, 0.29) is 5.91 Å². The summed E-state index contributed by atoms with van der Waals surface area (Å²) in [5.41, 5.74) is 1.64. The van der Waals surface area contributed by atoms with Gasteiger partial charge in [0.15, 0.2) is 4.96 Å². The minimum absolute atomic E-state index is 0.267. The van der Waals surface area contributed by atoms with Crippen molar-refractivity contribution in [1.29, 1.82) is 0 Å². The number of aryl methyl sites for hydroxylation is 1.